The van der Waals surface area contributed by atoms with E-state index in [-0.39, 0.29) is 19.0 Å². The Morgan fingerprint density at radius 2 is 2.05 bits per heavy atom. The minimum absolute atomic E-state index is 0.194. The summed E-state index contributed by atoms with van der Waals surface area (Å²) < 4.78 is 19.4. The van der Waals surface area contributed by atoms with E-state index >= 15 is 0 Å². The van der Waals surface area contributed by atoms with Gasteiger partial charge in [-0.05, 0) is 17.7 Å². The average molecular weight is 285 g/mol. The highest BCUT2D eigenvalue weighted by atomic mass is 35.5. The first-order chi connectivity index (χ1) is 9.15. The number of rotatable bonds is 5. The maximum absolute atomic E-state index is 12.8. The Bertz CT molecular complexity index is 555. The fourth-order valence-electron chi connectivity index (χ4n) is 1.80. The Morgan fingerprint density at radius 1 is 1.37 bits per heavy atom. The van der Waals surface area contributed by atoms with Crippen LogP contribution < -0.4 is 0 Å². The predicted molar refractivity (Wildman–Crippen MR) is 69.4 cm³/mol. The van der Waals surface area contributed by atoms with Gasteiger partial charge in [0, 0.05) is 12.7 Å². The minimum Gasteiger partial charge on any atom is -0.391 e. The van der Waals surface area contributed by atoms with Crippen LogP contribution in [0.3, 0.4) is 0 Å². The molecular formula is C13H14ClFN2O2. The molecule has 19 heavy (non-hydrogen) atoms. The summed E-state index contributed by atoms with van der Waals surface area (Å²) in [5.41, 5.74) is 2.04. The second-order valence-corrected chi connectivity index (χ2v) is 4.45. The lowest BCUT2D eigenvalue weighted by Crippen LogP contribution is -2.02. The van der Waals surface area contributed by atoms with Crippen LogP contribution in [0.4, 0.5) is 4.39 Å². The fraction of sp³-hybridized carbons (Fsp3) is 0.308. The molecule has 102 valence electrons. The molecule has 0 aliphatic carbocycles. The summed E-state index contributed by atoms with van der Waals surface area (Å²) in [6.45, 7) is 0.503. The van der Waals surface area contributed by atoms with E-state index in [2.05, 4.69) is 5.10 Å². The number of hydrogen-bond donors (Lipinski definition) is 1. The van der Waals surface area contributed by atoms with Gasteiger partial charge in [-0.2, -0.15) is 5.10 Å². The number of ether oxygens (including phenoxy) is 1. The third-order valence-corrected chi connectivity index (χ3v) is 3.17. The molecule has 0 aliphatic heterocycles. The highest BCUT2D eigenvalue weighted by molar-refractivity contribution is 6.30. The maximum atomic E-state index is 12.8. The lowest BCUT2D eigenvalue weighted by Gasteiger charge is -2.03. The van der Waals surface area contributed by atoms with Gasteiger partial charge in [0.15, 0.2) is 0 Å². The van der Waals surface area contributed by atoms with Gasteiger partial charge >= 0.3 is 0 Å². The number of methoxy groups -OCH3 is 1. The van der Waals surface area contributed by atoms with Crippen molar-refractivity contribution < 1.29 is 14.2 Å². The largest absolute Gasteiger partial charge is 0.391 e. The number of benzene rings is 1. The molecule has 2 aromatic rings. The average Bonchev–Trinajstić information content (AvgIpc) is 2.69. The van der Waals surface area contributed by atoms with E-state index in [0.717, 1.165) is 5.56 Å². The fourth-order valence-corrected chi connectivity index (χ4v) is 2.07. The molecule has 0 bridgehead atoms. The molecule has 0 atom stereocenters. The molecule has 0 saturated heterocycles. The van der Waals surface area contributed by atoms with Gasteiger partial charge in [0.1, 0.15) is 11.0 Å². The van der Waals surface area contributed by atoms with Crippen molar-refractivity contribution >= 4 is 11.6 Å². The molecule has 4 nitrogen and oxygen atoms in total. The van der Waals surface area contributed by atoms with E-state index in [4.69, 9.17) is 16.3 Å². The predicted octanol–water partition coefficient (Wildman–Crippen LogP) is 2.36. The number of hydrogen-bond acceptors (Lipinski definition) is 3. The molecule has 1 aromatic heterocycles. The summed E-state index contributed by atoms with van der Waals surface area (Å²) >= 11 is 6.16. The molecule has 0 radical (unpaired) electrons. The van der Waals surface area contributed by atoms with Gasteiger partial charge in [-0.1, -0.05) is 23.7 Å². The first-order valence-electron chi connectivity index (χ1n) is 5.74. The third-order valence-electron chi connectivity index (χ3n) is 2.75. The zero-order valence-corrected chi connectivity index (χ0v) is 11.2. The normalized spacial score (nSPS) is 10.9. The monoisotopic (exact) mass is 284 g/mol. The molecular weight excluding hydrogens is 271 g/mol. The van der Waals surface area contributed by atoms with E-state index < -0.39 is 0 Å². The zero-order chi connectivity index (χ0) is 13.8. The number of aromatic nitrogens is 2. The smallest absolute Gasteiger partial charge is 0.133 e. The van der Waals surface area contributed by atoms with Crippen molar-refractivity contribution in [2.45, 2.75) is 19.8 Å². The molecule has 1 N–H and O–H groups in total. The molecule has 1 aromatic carbocycles. The summed E-state index contributed by atoms with van der Waals surface area (Å²) in [5.74, 6) is -0.286. The van der Waals surface area contributed by atoms with Crippen LogP contribution in [-0.2, 0) is 24.5 Å². The van der Waals surface area contributed by atoms with Crippen LogP contribution in [0.5, 0.6) is 0 Å². The van der Waals surface area contributed by atoms with Crippen molar-refractivity contribution in [1.29, 1.82) is 0 Å². The Hall–Kier alpha value is -1.43. The van der Waals surface area contributed by atoms with E-state index in [1.807, 2.05) is 0 Å². The van der Waals surface area contributed by atoms with Crippen LogP contribution in [0.25, 0.3) is 0 Å². The van der Waals surface area contributed by atoms with E-state index in [0.29, 0.717) is 23.0 Å². The van der Waals surface area contributed by atoms with Crippen LogP contribution in [0.15, 0.2) is 24.3 Å². The minimum atomic E-state index is -0.286. The molecule has 2 rings (SSSR count). The van der Waals surface area contributed by atoms with Gasteiger partial charge in [0.05, 0.1) is 25.5 Å². The van der Waals surface area contributed by atoms with Gasteiger partial charge in [0.25, 0.3) is 0 Å². The molecule has 0 spiro atoms. The molecule has 0 saturated carbocycles. The first kappa shape index (κ1) is 14.0. The van der Waals surface area contributed by atoms with Crippen molar-refractivity contribution in [1.82, 2.24) is 9.78 Å². The summed E-state index contributed by atoms with van der Waals surface area (Å²) in [6.07, 6.45) is 0. The van der Waals surface area contributed by atoms with E-state index in [9.17, 15) is 9.50 Å². The van der Waals surface area contributed by atoms with Crippen molar-refractivity contribution in [2.24, 2.45) is 0 Å². The van der Waals surface area contributed by atoms with Gasteiger partial charge in [0.2, 0.25) is 0 Å². The molecule has 0 unspecified atom stereocenters. The number of halogens is 2. The highest BCUT2D eigenvalue weighted by Crippen LogP contribution is 2.22. The topological polar surface area (TPSA) is 47.3 Å². The van der Waals surface area contributed by atoms with Gasteiger partial charge in [-0.3, -0.25) is 0 Å². The summed E-state index contributed by atoms with van der Waals surface area (Å²) in [4.78, 5) is 0. The quantitative estimate of drug-likeness (QED) is 0.917. The van der Waals surface area contributed by atoms with Crippen LogP contribution in [0, 0.1) is 5.82 Å². The van der Waals surface area contributed by atoms with Gasteiger partial charge in [-0.25, -0.2) is 9.07 Å². The van der Waals surface area contributed by atoms with E-state index in [1.165, 1.54) is 12.1 Å². The van der Waals surface area contributed by atoms with Crippen molar-refractivity contribution in [3.63, 3.8) is 0 Å². The Morgan fingerprint density at radius 3 is 2.63 bits per heavy atom. The van der Waals surface area contributed by atoms with Crippen molar-refractivity contribution in [3.8, 4) is 0 Å². The highest BCUT2D eigenvalue weighted by Gasteiger charge is 2.15. The number of aliphatic hydroxyl groups excluding tert-OH is 1. The van der Waals surface area contributed by atoms with Crippen molar-refractivity contribution in [3.05, 3.63) is 52.1 Å². The molecule has 0 fully saturated rings. The summed E-state index contributed by atoms with van der Waals surface area (Å²) in [5, 5.41) is 14.0. The summed E-state index contributed by atoms with van der Waals surface area (Å²) in [6, 6.07) is 6.11. The van der Waals surface area contributed by atoms with E-state index in [1.54, 1.807) is 23.9 Å². The Kier molecular flexibility index (Phi) is 4.52. The maximum Gasteiger partial charge on any atom is 0.133 e. The molecule has 1 heterocycles. The number of nitrogens with zero attached hydrogens (tertiary/aromatic N) is 2. The van der Waals surface area contributed by atoms with Crippen LogP contribution >= 0.6 is 11.6 Å². The molecule has 0 amide bonds. The second-order valence-electron chi connectivity index (χ2n) is 4.09. The SMILES string of the molecule is COCc1nn(Cc2ccc(F)cc2)c(Cl)c1CO. The standard InChI is InChI=1S/C13H14ClFN2O2/c1-19-8-12-11(7-18)13(14)17(16-12)6-9-2-4-10(15)5-3-9/h2-5,18H,6-8H2,1H3. The van der Waals surface area contributed by atoms with Crippen LogP contribution in [0.1, 0.15) is 16.8 Å². The van der Waals surface area contributed by atoms with Crippen molar-refractivity contribution in [2.75, 3.05) is 7.11 Å². The Labute approximate surface area is 115 Å². The molecule has 6 heteroatoms. The van der Waals surface area contributed by atoms with Crippen LogP contribution in [-0.4, -0.2) is 22.0 Å². The van der Waals surface area contributed by atoms with Crippen LogP contribution in [0.2, 0.25) is 5.15 Å². The number of aliphatic hydroxyl groups is 1. The molecule has 0 aliphatic rings. The lowest BCUT2D eigenvalue weighted by atomic mass is 10.2. The lowest BCUT2D eigenvalue weighted by molar-refractivity contribution is 0.177. The third kappa shape index (κ3) is 3.12. The Balaban J connectivity index is 2.27. The van der Waals surface area contributed by atoms with Gasteiger partial charge in [-0.15, -0.1) is 0 Å². The second kappa shape index (κ2) is 6.14. The summed E-state index contributed by atoms with van der Waals surface area (Å²) in [7, 11) is 1.55. The first-order valence-corrected chi connectivity index (χ1v) is 6.11. The zero-order valence-electron chi connectivity index (χ0n) is 10.4. The van der Waals surface area contributed by atoms with Gasteiger partial charge < -0.3 is 9.84 Å².